The lowest BCUT2D eigenvalue weighted by atomic mass is 9.85. The van der Waals surface area contributed by atoms with Gasteiger partial charge < -0.3 is 16.2 Å². The second-order valence-electron chi connectivity index (χ2n) is 5.85. The minimum atomic E-state index is -0.843. The highest BCUT2D eigenvalue weighted by molar-refractivity contribution is 5.85. The molecular weight excluding hydrogens is 252 g/mol. The van der Waals surface area contributed by atoms with Crippen molar-refractivity contribution in [3.63, 3.8) is 0 Å². The van der Waals surface area contributed by atoms with Gasteiger partial charge in [0.15, 0.2) is 0 Å². The van der Waals surface area contributed by atoms with E-state index in [1.54, 1.807) is 0 Å². The average molecular weight is 276 g/mol. The number of nitrogens with two attached hydrogens (primary N) is 2. The molecule has 0 aliphatic heterocycles. The number of carbonyl (C=O) groups excluding carboxylic acids is 1. The van der Waals surface area contributed by atoms with Crippen molar-refractivity contribution in [1.82, 2.24) is 0 Å². The van der Waals surface area contributed by atoms with Crippen molar-refractivity contribution >= 4 is 5.91 Å². The summed E-state index contributed by atoms with van der Waals surface area (Å²) in [6, 6.07) is 6.09. The zero-order valence-electron chi connectivity index (χ0n) is 12.3. The third-order valence-electron chi connectivity index (χ3n) is 4.45. The van der Waals surface area contributed by atoms with Crippen LogP contribution in [0.15, 0.2) is 18.2 Å². The Kier molecular flexibility index (Phi) is 4.33. The smallest absolute Gasteiger partial charge is 0.237 e. The van der Waals surface area contributed by atoms with Crippen LogP contribution in [0.5, 0.6) is 5.75 Å². The minimum Gasteiger partial charge on any atom is -0.493 e. The van der Waals surface area contributed by atoms with E-state index in [-0.39, 0.29) is 11.8 Å². The summed E-state index contributed by atoms with van der Waals surface area (Å²) in [6.07, 6.45) is 3.38. The third kappa shape index (κ3) is 2.80. The van der Waals surface area contributed by atoms with E-state index in [0.717, 1.165) is 36.1 Å². The zero-order valence-corrected chi connectivity index (χ0v) is 12.3. The summed E-state index contributed by atoms with van der Waals surface area (Å²) in [5.41, 5.74) is 13.0. The molecule has 1 aliphatic rings. The van der Waals surface area contributed by atoms with E-state index in [2.05, 4.69) is 0 Å². The maximum absolute atomic E-state index is 11.5. The van der Waals surface area contributed by atoms with Crippen molar-refractivity contribution in [3.8, 4) is 5.75 Å². The molecule has 4 nitrogen and oxygen atoms in total. The van der Waals surface area contributed by atoms with Crippen LogP contribution < -0.4 is 16.2 Å². The van der Waals surface area contributed by atoms with Crippen molar-refractivity contribution < 1.29 is 9.53 Å². The van der Waals surface area contributed by atoms with Gasteiger partial charge in [0.25, 0.3) is 0 Å². The molecule has 0 radical (unpaired) electrons. The first-order valence-corrected chi connectivity index (χ1v) is 7.23. The van der Waals surface area contributed by atoms with E-state index in [1.807, 2.05) is 32.0 Å². The number of ether oxygens (including phenoxy) is 1. The molecule has 0 heterocycles. The number of carbonyl (C=O) groups is 1. The lowest BCUT2D eigenvalue weighted by Crippen LogP contribution is -2.54. The highest BCUT2D eigenvalue weighted by Crippen LogP contribution is 2.36. The number of amides is 1. The number of aryl methyl sites for hydroxylation is 2. The summed E-state index contributed by atoms with van der Waals surface area (Å²) in [5, 5.41) is 0. The maximum atomic E-state index is 11.5. The van der Waals surface area contributed by atoms with E-state index in [4.69, 9.17) is 16.2 Å². The Labute approximate surface area is 120 Å². The second-order valence-corrected chi connectivity index (χ2v) is 5.85. The fourth-order valence-electron chi connectivity index (χ4n) is 3.16. The number of benzene rings is 1. The van der Waals surface area contributed by atoms with Crippen molar-refractivity contribution in [2.45, 2.75) is 45.1 Å². The Morgan fingerprint density at radius 2 is 2.05 bits per heavy atom. The van der Waals surface area contributed by atoms with Crippen LogP contribution in [-0.4, -0.2) is 18.1 Å². The van der Waals surface area contributed by atoms with Crippen molar-refractivity contribution in [2.24, 2.45) is 17.4 Å². The number of hydrogen-bond donors (Lipinski definition) is 2. The van der Waals surface area contributed by atoms with Crippen molar-refractivity contribution in [1.29, 1.82) is 0 Å². The molecule has 2 atom stereocenters. The standard InChI is InChI=1S/C16H24N2O2/c1-11-5-3-6-12(2)14(11)20-10-8-13-7-4-9-16(13,18)15(17)19/h3,5-6,13H,4,7-10,18H2,1-2H3,(H2,17,19). The Morgan fingerprint density at radius 1 is 1.40 bits per heavy atom. The molecule has 1 amide bonds. The summed E-state index contributed by atoms with van der Waals surface area (Å²) < 4.78 is 5.89. The highest BCUT2D eigenvalue weighted by Gasteiger charge is 2.43. The summed E-state index contributed by atoms with van der Waals surface area (Å²) >= 11 is 0. The molecule has 2 unspecified atom stereocenters. The fraction of sp³-hybridized carbons (Fsp3) is 0.562. The predicted molar refractivity (Wildman–Crippen MR) is 79.5 cm³/mol. The van der Waals surface area contributed by atoms with E-state index in [9.17, 15) is 4.79 Å². The maximum Gasteiger partial charge on any atom is 0.237 e. The summed E-state index contributed by atoms with van der Waals surface area (Å²) in [4.78, 5) is 11.5. The van der Waals surface area contributed by atoms with Gasteiger partial charge in [0, 0.05) is 0 Å². The molecule has 1 fully saturated rings. The first-order chi connectivity index (χ1) is 9.45. The Morgan fingerprint density at radius 3 is 2.65 bits per heavy atom. The molecule has 110 valence electrons. The Hall–Kier alpha value is -1.55. The van der Waals surface area contributed by atoms with Crippen molar-refractivity contribution in [3.05, 3.63) is 29.3 Å². The first kappa shape index (κ1) is 14.9. The van der Waals surface area contributed by atoms with Gasteiger partial charge in [-0.3, -0.25) is 4.79 Å². The molecule has 2 rings (SSSR count). The molecule has 1 saturated carbocycles. The molecule has 1 aromatic carbocycles. The predicted octanol–water partition coefficient (Wildman–Crippen LogP) is 2.06. The lowest BCUT2D eigenvalue weighted by molar-refractivity contribution is -0.124. The zero-order chi connectivity index (χ0) is 14.8. The molecule has 4 N–H and O–H groups in total. The topological polar surface area (TPSA) is 78.3 Å². The lowest BCUT2D eigenvalue weighted by Gasteiger charge is -2.28. The normalized spacial score (nSPS) is 25.6. The van der Waals surface area contributed by atoms with Crippen LogP contribution in [0.3, 0.4) is 0 Å². The van der Waals surface area contributed by atoms with Crippen molar-refractivity contribution in [2.75, 3.05) is 6.61 Å². The number of rotatable bonds is 5. The Bertz CT molecular complexity index is 481. The average Bonchev–Trinajstić information content (AvgIpc) is 2.76. The van der Waals surface area contributed by atoms with E-state index >= 15 is 0 Å². The molecule has 0 bridgehead atoms. The molecule has 1 aliphatic carbocycles. The minimum absolute atomic E-state index is 0.129. The van der Waals surface area contributed by atoms with Crippen LogP contribution in [0.4, 0.5) is 0 Å². The third-order valence-corrected chi connectivity index (χ3v) is 4.45. The van der Waals surface area contributed by atoms with Gasteiger partial charge in [-0.05, 0) is 50.2 Å². The van der Waals surface area contributed by atoms with Gasteiger partial charge in [0.05, 0.1) is 12.1 Å². The molecule has 0 aromatic heterocycles. The van der Waals surface area contributed by atoms with E-state index < -0.39 is 5.54 Å². The van der Waals surface area contributed by atoms with Gasteiger partial charge in [0.2, 0.25) is 5.91 Å². The molecule has 1 aromatic rings. The molecule has 0 spiro atoms. The Balaban J connectivity index is 1.95. The molecular formula is C16H24N2O2. The highest BCUT2D eigenvalue weighted by atomic mass is 16.5. The van der Waals surface area contributed by atoms with Gasteiger partial charge in [-0.1, -0.05) is 24.6 Å². The SMILES string of the molecule is Cc1cccc(C)c1OCCC1CCCC1(N)C(N)=O. The van der Waals surface area contributed by atoms with E-state index in [0.29, 0.717) is 13.0 Å². The monoisotopic (exact) mass is 276 g/mol. The van der Waals surface area contributed by atoms with Crippen LogP contribution in [0, 0.1) is 19.8 Å². The first-order valence-electron chi connectivity index (χ1n) is 7.23. The summed E-state index contributed by atoms with van der Waals surface area (Å²) in [6.45, 7) is 4.64. The second kappa shape index (κ2) is 5.83. The summed E-state index contributed by atoms with van der Waals surface area (Å²) in [7, 11) is 0. The van der Waals surface area contributed by atoms with Crippen LogP contribution in [0.25, 0.3) is 0 Å². The van der Waals surface area contributed by atoms with Crippen LogP contribution in [0.1, 0.15) is 36.8 Å². The van der Waals surface area contributed by atoms with Gasteiger partial charge in [-0.15, -0.1) is 0 Å². The van der Waals surface area contributed by atoms with Gasteiger partial charge in [-0.25, -0.2) is 0 Å². The van der Waals surface area contributed by atoms with Gasteiger partial charge in [0.1, 0.15) is 5.75 Å². The fourth-order valence-corrected chi connectivity index (χ4v) is 3.16. The molecule has 4 heteroatoms. The quantitative estimate of drug-likeness (QED) is 0.864. The largest absolute Gasteiger partial charge is 0.493 e. The van der Waals surface area contributed by atoms with E-state index in [1.165, 1.54) is 0 Å². The van der Waals surface area contributed by atoms with Gasteiger partial charge in [-0.2, -0.15) is 0 Å². The molecule has 0 saturated heterocycles. The number of para-hydroxylation sites is 1. The number of hydrogen-bond acceptors (Lipinski definition) is 3. The van der Waals surface area contributed by atoms with Crippen LogP contribution in [0.2, 0.25) is 0 Å². The van der Waals surface area contributed by atoms with Gasteiger partial charge >= 0.3 is 0 Å². The molecule has 20 heavy (non-hydrogen) atoms. The number of primary amides is 1. The summed E-state index contributed by atoms with van der Waals surface area (Å²) in [5.74, 6) is 0.684. The van der Waals surface area contributed by atoms with Crippen LogP contribution >= 0.6 is 0 Å². The van der Waals surface area contributed by atoms with Crippen LogP contribution in [-0.2, 0) is 4.79 Å².